The average molecular weight is 396 g/mol. The summed E-state index contributed by atoms with van der Waals surface area (Å²) in [7, 11) is 1.60. The predicted octanol–water partition coefficient (Wildman–Crippen LogP) is 4.93. The summed E-state index contributed by atoms with van der Waals surface area (Å²) in [6.07, 6.45) is 1.51. The van der Waals surface area contributed by atoms with Gasteiger partial charge in [0, 0.05) is 11.8 Å². The van der Waals surface area contributed by atoms with Gasteiger partial charge in [-0.25, -0.2) is 4.98 Å². The van der Waals surface area contributed by atoms with E-state index in [4.69, 9.17) is 39.5 Å². The van der Waals surface area contributed by atoms with Crippen molar-refractivity contribution in [2.24, 2.45) is 0 Å². The molecule has 0 amide bonds. The van der Waals surface area contributed by atoms with Crippen LogP contribution < -0.4 is 10.3 Å². The van der Waals surface area contributed by atoms with Crippen LogP contribution in [0.4, 0.5) is 0 Å². The third-order valence-electron chi connectivity index (χ3n) is 3.65. The van der Waals surface area contributed by atoms with E-state index in [1.54, 1.807) is 25.3 Å². The van der Waals surface area contributed by atoms with Crippen LogP contribution in [-0.4, -0.2) is 16.7 Å². The molecule has 1 aromatic heterocycles. The summed E-state index contributed by atoms with van der Waals surface area (Å²) in [5.41, 5.74) is 1.45. The Bertz CT molecular complexity index is 969. The molecule has 0 saturated heterocycles. The monoisotopic (exact) mass is 394 g/mol. The molecule has 0 fully saturated rings. The van der Waals surface area contributed by atoms with E-state index in [1.807, 2.05) is 24.3 Å². The summed E-state index contributed by atoms with van der Waals surface area (Å²) < 4.78 is 6.65. The maximum atomic E-state index is 12.8. The van der Waals surface area contributed by atoms with Crippen molar-refractivity contribution >= 4 is 34.8 Å². The van der Waals surface area contributed by atoms with Gasteiger partial charge in [-0.15, -0.1) is 0 Å². The molecule has 2 aromatic carbocycles. The van der Waals surface area contributed by atoms with Crippen molar-refractivity contribution in [2.75, 3.05) is 7.11 Å². The minimum absolute atomic E-state index is 0.217. The topological polar surface area (TPSA) is 44.1 Å². The first-order chi connectivity index (χ1) is 12.0. The number of halogens is 3. The lowest BCUT2D eigenvalue weighted by Crippen LogP contribution is -2.23. The predicted molar refractivity (Wildman–Crippen MR) is 101 cm³/mol. The van der Waals surface area contributed by atoms with Crippen molar-refractivity contribution < 1.29 is 4.74 Å². The Hall–Kier alpha value is -2.01. The average Bonchev–Trinajstić information content (AvgIpc) is 2.61. The molecule has 0 N–H and O–H groups in total. The number of benzene rings is 2. The highest BCUT2D eigenvalue weighted by Crippen LogP contribution is 2.26. The van der Waals surface area contributed by atoms with Gasteiger partial charge in [-0.05, 0) is 29.8 Å². The minimum Gasteiger partial charge on any atom is -0.497 e. The van der Waals surface area contributed by atoms with Crippen LogP contribution in [0.1, 0.15) is 5.56 Å². The Morgan fingerprint density at radius 1 is 1.04 bits per heavy atom. The van der Waals surface area contributed by atoms with Gasteiger partial charge in [0.1, 0.15) is 16.6 Å². The zero-order chi connectivity index (χ0) is 18.0. The highest BCUT2D eigenvalue weighted by Gasteiger charge is 2.12. The van der Waals surface area contributed by atoms with Crippen LogP contribution in [-0.2, 0) is 6.54 Å². The molecule has 0 unspecified atom stereocenters. The van der Waals surface area contributed by atoms with E-state index in [2.05, 4.69) is 4.98 Å². The normalized spacial score (nSPS) is 10.7. The second kappa shape index (κ2) is 7.48. The Morgan fingerprint density at radius 2 is 1.76 bits per heavy atom. The Balaban J connectivity index is 2.01. The van der Waals surface area contributed by atoms with Crippen LogP contribution in [0.15, 0.2) is 53.5 Å². The molecular weight excluding hydrogens is 383 g/mol. The van der Waals surface area contributed by atoms with E-state index in [0.29, 0.717) is 22.2 Å². The summed E-state index contributed by atoms with van der Waals surface area (Å²) >= 11 is 18.1. The number of hydrogen-bond donors (Lipinski definition) is 0. The Morgan fingerprint density at radius 3 is 2.40 bits per heavy atom. The van der Waals surface area contributed by atoms with Gasteiger partial charge in [0.25, 0.3) is 5.56 Å². The molecule has 0 radical (unpaired) electrons. The van der Waals surface area contributed by atoms with Crippen molar-refractivity contribution in [1.29, 1.82) is 0 Å². The third kappa shape index (κ3) is 3.98. The Kier molecular flexibility index (Phi) is 5.33. The number of hydrogen-bond acceptors (Lipinski definition) is 3. The number of aromatic nitrogens is 2. The van der Waals surface area contributed by atoms with Gasteiger partial charge in [-0.1, -0.05) is 53.0 Å². The third-order valence-corrected chi connectivity index (χ3v) is 4.57. The Labute approximate surface area is 159 Å². The van der Waals surface area contributed by atoms with E-state index in [0.717, 1.165) is 11.3 Å². The summed E-state index contributed by atoms with van der Waals surface area (Å²) in [5.74, 6) is 0.750. The van der Waals surface area contributed by atoms with Gasteiger partial charge in [0.15, 0.2) is 0 Å². The molecule has 0 aliphatic rings. The lowest BCUT2D eigenvalue weighted by atomic mass is 10.1. The molecule has 0 aliphatic heterocycles. The highest BCUT2D eigenvalue weighted by atomic mass is 35.5. The van der Waals surface area contributed by atoms with Crippen molar-refractivity contribution in [1.82, 2.24) is 9.55 Å². The summed E-state index contributed by atoms with van der Waals surface area (Å²) in [4.78, 5) is 16.9. The molecule has 0 spiro atoms. The molecule has 0 atom stereocenters. The fraction of sp³-hybridized carbons (Fsp3) is 0.111. The smallest absolute Gasteiger partial charge is 0.277 e. The van der Waals surface area contributed by atoms with Crippen molar-refractivity contribution in [3.63, 3.8) is 0 Å². The van der Waals surface area contributed by atoms with Crippen LogP contribution in [0.25, 0.3) is 11.3 Å². The maximum Gasteiger partial charge on any atom is 0.277 e. The van der Waals surface area contributed by atoms with Crippen LogP contribution in [0.5, 0.6) is 5.75 Å². The molecule has 7 heteroatoms. The standard InChI is InChI=1S/C18H13Cl3N2O2/c1-25-13-5-2-11(3-6-13)9-23-10-16(21)22-17(18(23)24)12-4-7-14(19)15(20)8-12/h2-8,10H,9H2,1H3. The fourth-order valence-corrected chi connectivity index (χ4v) is 2.88. The van der Waals surface area contributed by atoms with Crippen LogP contribution >= 0.6 is 34.8 Å². The quantitative estimate of drug-likeness (QED) is 0.629. The van der Waals surface area contributed by atoms with Gasteiger partial charge < -0.3 is 9.30 Å². The van der Waals surface area contributed by atoms with Gasteiger partial charge >= 0.3 is 0 Å². The van der Waals surface area contributed by atoms with E-state index in [-0.39, 0.29) is 16.4 Å². The number of nitrogens with zero attached hydrogens (tertiary/aromatic N) is 2. The van der Waals surface area contributed by atoms with Crippen molar-refractivity contribution in [3.05, 3.63) is 79.8 Å². The van der Waals surface area contributed by atoms with Gasteiger partial charge in [0.2, 0.25) is 0 Å². The number of methoxy groups -OCH3 is 1. The lowest BCUT2D eigenvalue weighted by Gasteiger charge is -2.10. The fourth-order valence-electron chi connectivity index (χ4n) is 2.38. The zero-order valence-corrected chi connectivity index (χ0v) is 15.4. The minimum atomic E-state index is -0.265. The molecule has 1 heterocycles. The molecule has 128 valence electrons. The van der Waals surface area contributed by atoms with E-state index < -0.39 is 0 Å². The van der Waals surface area contributed by atoms with Gasteiger partial charge in [-0.2, -0.15) is 0 Å². The molecule has 25 heavy (non-hydrogen) atoms. The SMILES string of the molecule is COc1ccc(Cn2cc(Cl)nc(-c3ccc(Cl)c(Cl)c3)c2=O)cc1. The van der Waals surface area contributed by atoms with Crippen LogP contribution in [0, 0.1) is 0 Å². The first kappa shape index (κ1) is 17.8. The highest BCUT2D eigenvalue weighted by molar-refractivity contribution is 6.42. The van der Waals surface area contributed by atoms with Crippen LogP contribution in [0.3, 0.4) is 0 Å². The maximum absolute atomic E-state index is 12.8. The lowest BCUT2D eigenvalue weighted by molar-refractivity contribution is 0.414. The molecule has 0 bridgehead atoms. The van der Waals surface area contributed by atoms with Crippen molar-refractivity contribution in [2.45, 2.75) is 6.54 Å². The number of rotatable bonds is 4. The number of ether oxygens (including phenoxy) is 1. The summed E-state index contributed by atoms with van der Waals surface area (Å²) in [6.45, 7) is 0.361. The molecule has 3 rings (SSSR count). The first-order valence-electron chi connectivity index (χ1n) is 7.33. The summed E-state index contributed by atoms with van der Waals surface area (Å²) in [5, 5.41) is 0.974. The van der Waals surface area contributed by atoms with Crippen LogP contribution in [0.2, 0.25) is 15.2 Å². The van der Waals surface area contributed by atoms with Gasteiger partial charge in [-0.3, -0.25) is 4.79 Å². The van der Waals surface area contributed by atoms with E-state index in [1.165, 1.54) is 10.8 Å². The second-order valence-corrected chi connectivity index (χ2v) is 6.52. The molecule has 4 nitrogen and oxygen atoms in total. The zero-order valence-electron chi connectivity index (χ0n) is 13.2. The first-order valence-corrected chi connectivity index (χ1v) is 8.46. The molecule has 0 aliphatic carbocycles. The van der Waals surface area contributed by atoms with E-state index >= 15 is 0 Å². The second-order valence-electron chi connectivity index (χ2n) is 5.32. The summed E-state index contributed by atoms with van der Waals surface area (Å²) in [6, 6.07) is 12.4. The van der Waals surface area contributed by atoms with Gasteiger partial charge in [0.05, 0.1) is 23.7 Å². The molecular formula is C18H13Cl3N2O2. The van der Waals surface area contributed by atoms with Crippen molar-refractivity contribution in [3.8, 4) is 17.0 Å². The largest absolute Gasteiger partial charge is 0.497 e. The van der Waals surface area contributed by atoms with E-state index in [9.17, 15) is 4.79 Å². The molecule has 3 aromatic rings. The molecule has 0 saturated carbocycles.